The van der Waals surface area contributed by atoms with Crippen LogP contribution in [0.3, 0.4) is 0 Å². The molecule has 0 aliphatic carbocycles. The Balaban J connectivity index is 0.00000240. The standard InChI is InChI=1S/C19H21ClN4O3S.ClH/c1-13-12-15(22-27-13)18(25)24(7-3-6-23-8-10-26-11-9-23)19-21-17-14(20)4-2-5-16(17)28-19;/h2,4-5,12H,3,6-11H2,1H3;1H. The first-order chi connectivity index (χ1) is 13.6. The highest BCUT2D eigenvalue weighted by Gasteiger charge is 2.24. The van der Waals surface area contributed by atoms with Gasteiger partial charge in [-0.15, -0.1) is 12.4 Å². The first-order valence-corrected chi connectivity index (χ1v) is 10.4. The van der Waals surface area contributed by atoms with Crippen LogP contribution in [0.1, 0.15) is 22.7 Å². The van der Waals surface area contributed by atoms with Crippen molar-refractivity contribution >= 4 is 56.6 Å². The van der Waals surface area contributed by atoms with Crippen LogP contribution in [0.5, 0.6) is 0 Å². The molecule has 1 aromatic carbocycles. The summed E-state index contributed by atoms with van der Waals surface area (Å²) in [6, 6.07) is 7.30. The quantitative estimate of drug-likeness (QED) is 0.557. The van der Waals surface area contributed by atoms with Gasteiger partial charge in [0.1, 0.15) is 11.3 Å². The highest BCUT2D eigenvalue weighted by Crippen LogP contribution is 2.33. The number of benzene rings is 1. The number of para-hydroxylation sites is 1. The zero-order chi connectivity index (χ0) is 19.5. The van der Waals surface area contributed by atoms with Gasteiger partial charge in [-0.2, -0.15) is 0 Å². The molecule has 0 radical (unpaired) electrons. The number of hydrogen-bond donors (Lipinski definition) is 0. The third kappa shape index (κ3) is 5.07. The van der Waals surface area contributed by atoms with Crippen molar-refractivity contribution in [2.24, 2.45) is 0 Å². The van der Waals surface area contributed by atoms with Crippen LogP contribution in [0.4, 0.5) is 5.13 Å². The number of halogens is 2. The van der Waals surface area contributed by atoms with Crippen molar-refractivity contribution in [2.45, 2.75) is 13.3 Å². The summed E-state index contributed by atoms with van der Waals surface area (Å²) in [5, 5.41) is 5.09. The number of nitrogens with zero attached hydrogens (tertiary/aromatic N) is 4. The van der Waals surface area contributed by atoms with Crippen LogP contribution in [-0.2, 0) is 4.74 Å². The maximum Gasteiger partial charge on any atom is 0.282 e. The average Bonchev–Trinajstić information content (AvgIpc) is 3.33. The third-order valence-corrected chi connectivity index (χ3v) is 5.99. The molecule has 7 nitrogen and oxygen atoms in total. The first kappa shape index (κ1) is 22.0. The second-order valence-corrected chi connectivity index (χ2v) is 8.09. The summed E-state index contributed by atoms with van der Waals surface area (Å²) in [5.41, 5.74) is 1.00. The van der Waals surface area contributed by atoms with E-state index in [0.29, 0.717) is 28.0 Å². The largest absolute Gasteiger partial charge is 0.379 e. The monoisotopic (exact) mass is 456 g/mol. The van der Waals surface area contributed by atoms with Crippen molar-refractivity contribution in [3.8, 4) is 0 Å². The van der Waals surface area contributed by atoms with Crippen LogP contribution in [-0.4, -0.2) is 60.3 Å². The number of aryl methyl sites for hydroxylation is 1. The van der Waals surface area contributed by atoms with E-state index in [2.05, 4.69) is 15.0 Å². The van der Waals surface area contributed by atoms with Gasteiger partial charge in [0.2, 0.25) is 0 Å². The zero-order valence-corrected chi connectivity index (χ0v) is 18.4. The molecular formula is C19H22Cl2N4O3S. The van der Waals surface area contributed by atoms with Gasteiger partial charge in [0.05, 0.1) is 22.9 Å². The Hall–Kier alpha value is -1.71. The molecule has 0 N–H and O–H groups in total. The molecule has 2 aromatic heterocycles. The summed E-state index contributed by atoms with van der Waals surface area (Å²) >= 11 is 7.73. The normalized spacial score (nSPS) is 14.7. The van der Waals surface area contributed by atoms with E-state index in [9.17, 15) is 4.79 Å². The Morgan fingerprint density at radius 2 is 2.14 bits per heavy atom. The molecule has 1 saturated heterocycles. The third-order valence-electron chi connectivity index (χ3n) is 4.64. The summed E-state index contributed by atoms with van der Waals surface area (Å²) in [6.45, 7) is 6.58. The van der Waals surface area contributed by atoms with Crippen molar-refractivity contribution < 1.29 is 14.1 Å². The predicted octanol–water partition coefficient (Wildman–Crippen LogP) is 4.04. The minimum absolute atomic E-state index is 0. The number of fused-ring (bicyclic) bond motifs is 1. The topological polar surface area (TPSA) is 71.7 Å². The Bertz CT molecular complexity index is 971. The second kappa shape index (κ2) is 9.86. The van der Waals surface area contributed by atoms with Crippen LogP contribution in [0, 0.1) is 6.92 Å². The molecule has 1 aliphatic rings. The second-order valence-electron chi connectivity index (χ2n) is 6.67. The minimum Gasteiger partial charge on any atom is -0.379 e. The van der Waals surface area contributed by atoms with Crippen LogP contribution < -0.4 is 4.90 Å². The molecule has 3 heterocycles. The zero-order valence-electron chi connectivity index (χ0n) is 16.0. The SMILES string of the molecule is Cc1cc(C(=O)N(CCCN2CCOCC2)c2nc3c(Cl)cccc3s2)no1.Cl. The molecule has 4 rings (SSSR count). The molecule has 0 spiro atoms. The van der Waals surface area contributed by atoms with E-state index in [0.717, 1.165) is 44.0 Å². The van der Waals surface area contributed by atoms with Crippen LogP contribution in [0.15, 0.2) is 28.8 Å². The Labute approximate surface area is 184 Å². The number of carbonyl (C=O) groups is 1. The van der Waals surface area contributed by atoms with Crippen molar-refractivity contribution in [3.63, 3.8) is 0 Å². The number of amides is 1. The van der Waals surface area contributed by atoms with Gasteiger partial charge in [-0.05, 0) is 25.5 Å². The van der Waals surface area contributed by atoms with Gasteiger partial charge in [-0.3, -0.25) is 14.6 Å². The van der Waals surface area contributed by atoms with E-state index in [4.69, 9.17) is 20.9 Å². The van der Waals surface area contributed by atoms with Crippen molar-refractivity contribution in [3.05, 3.63) is 40.7 Å². The lowest BCUT2D eigenvalue weighted by Crippen LogP contribution is -2.39. The molecule has 1 aliphatic heterocycles. The molecule has 3 aromatic rings. The maximum absolute atomic E-state index is 13.1. The molecule has 0 saturated carbocycles. The average molecular weight is 457 g/mol. The number of rotatable bonds is 6. The van der Waals surface area contributed by atoms with E-state index < -0.39 is 0 Å². The number of hydrogen-bond acceptors (Lipinski definition) is 7. The number of thiazole rings is 1. The summed E-state index contributed by atoms with van der Waals surface area (Å²) in [4.78, 5) is 21.8. The number of aromatic nitrogens is 2. The van der Waals surface area contributed by atoms with E-state index in [1.54, 1.807) is 24.0 Å². The number of carbonyl (C=O) groups excluding carboxylic acids is 1. The molecule has 1 amide bonds. The predicted molar refractivity (Wildman–Crippen MR) is 117 cm³/mol. The summed E-state index contributed by atoms with van der Waals surface area (Å²) in [6.07, 6.45) is 0.826. The molecule has 10 heteroatoms. The molecule has 1 fully saturated rings. The van der Waals surface area contributed by atoms with Crippen LogP contribution >= 0.6 is 35.3 Å². The van der Waals surface area contributed by atoms with Gasteiger partial charge in [0.15, 0.2) is 10.8 Å². The fourth-order valence-corrected chi connectivity index (χ4v) is 4.48. The van der Waals surface area contributed by atoms with Gasteiger partial charge in [0, 0.05) is 32.2 Å². The van der Waals surface area contributed by atoms with Gasteiger partial charge in [0.25, 0.3) is 5.91 Å². The lowest BCUT2D eigenvalue weighted by atomic mass is 10.3. The lowest BCUT2D eigenvalue weighted by Gasteiger charge is -2.27. The van der Waals surface area contributed by atoms with Gasteiger partial charge >= 0.3 is 0 Å². The number of ether oxygens (including phenoxy) is 1. The van der Waals surface area contributed by atoms with E-state index in [1.165, 1.54) is 11.3 Å². The fraction of sp³-hybridized carbons (Fsp3) is 0.421. The van der Waals surface area contributed by atoms with Crippen molar-refractivity contribution in [1.29, 1.82) is 0 Å². The highest BCUT2D eigenvalue weighted by molar-refractivity contribution is 7.22. The van der Waals surface area contributed by atoms with E-state index in [1.807, 2.05) is 12.1 Å². The lowest BCUT2D eigenvalue weighted by molar-refractivity contribution is 0.0376. The molecule has 29 heavy (non-hydrogen) atoms. The summed E-state index contributed by atoms with van der Waals surface area (Å²) in [7, 11) is 0. The van der Waals surface area contributed by atoms with Gasteiger partial charge < -0.3 is 9.26 Å². The Morgan fingerprint density at radius 3 is 2.83 bits per heavy atom. The highest BCUT2D eigenvalue weighted by atomic mass is 35.5. The van der Waals surface area contributed by atoms with E-state index >= 15 is 0 Å². The van der Waals surface area contributed by atoms with Crippen molar-refractivity contribution in [1.82, 2.24) is 15.0 Å². The first-order valence-electron chi connectivity index (χ1n) is 9.22. The summed E-state index contributed by atoms with van der Waals surface area (Å²) < 4.78 is 11.4. The maximum atomic E-state index is 13.1. The van der Waals surface area contributed by atoms with Crippen LogP contribution in [0.2, 0.25) is 5.02 Å². The van der Waals surface area contributed by atoms with Gasteiger partial charge in [-0.1, -0.05) is 34.2 Å². The fourth-order valence-electron chi connectivity index (χ4n) is 3.19. The number of morpholine rings is 1. The minimum atomic E-state index is -0.214. The Kier molecular flexibility index (Phi) is 7.48. The molecule has 0 bridgehead atoms. The Morgan fingerprint density at radius 1 is 1.34 bits per heavy atom. The molecule has 0 atom stereocenters. The van der Waals surface area contributed by atoms with Gasteiger partial charge in [-0.25, -0.2) is 4.98 Å². The van der Waals surface area contributed by atoms with Crippen molar-refractivity contribution in [2.75, 3.05) is 44.3 Å². The molecular weight excluding hydrogens is 435 g/mol. The van der Waals surface area contributed by atoms with Crippen LogP contribution in [0.25, 0.3) is 10.2 Å². The molecule has 0 unspecified atom stereocenters. The smallest absolute Gasteiger partial charge is 0.282 e. The number of anilines is 1. The molecule has 156 valence electrons. The summed E-state index contributed by atoms with van der Waals surface area (Å²) in [5.74, 6) is 0.387. The van der Waals surface area contributed by atoms with E-state index in [-0.39, 0.29) is 24.0 Å².